The molecule has 0 saturated heterocycles. The fourth-order valence-electron chi connectivity index (χ4n) is 3.55. The number of carboxylic acids is 1. The van der Waals surface area contributed by atoms with Crippen LogP contribution in [0.2, 0.25) is 0 Å². The average molecular weight is 412 g/mol. The minimum atomic E-state index is -1.20. The number of hydrogen-bond donors (Lipinski definition) is 3. The normalized spacial score (nSPS) is 13.1. The van der Waals surface area contributed by atoms with Crippen molar-refractivity contribution in [1.82, 2.24) is 10.8 Å². The van der Waals surface area contributed by atoms with E-state index < -0.39 is 30.6 Å². The van der Waals surface area contributed by atoms with Gasteiger partial charge in [-0.2, -0.15) is 0 Å². The number of carboxylic acid groups (broad SMARTS) is 1. The van der Waals surface area contributed by atoms with Crippen molar-refractivity contribution >= 4 is 18.0 Å². The molecule has 0 spiro atoms. The zero-order valence-electron chi connectivity index (χ0n) is 16.6. The monoisotopic (exact) mass is 412 g/mol. The van der Waals surface area contributed by atoms with E-state index in [1.54, 1.807) is 0 Å². The summed E-state index contributed by atoms with van der Waals surface area (Å²) in [6.45, 7) is 1.37. The molecule has 0 heterocycles. The SMILES string of the molecule is CCC(CC(=O)NOCC(=O)O)NC(=O)OCC1c2ccccc2-c2ccccc21. The molecule has 2 amide bonds. The van der Waals surface area contributed by atoms with E-state index in [4.69, 9.17) is 9.84 Å². The van der Waals surface area contributed by atoms with Gasteiger partial charge in [-0.1, -0.05) is 55.5 Å². The van der Waals surface area contributed by atoms with Gasteiger partial charge in [0.2, 0.25) is 5.91 Å². The van der Waals surface area contributed by atoms with Crippen molar-refractivity contribution in [2.75, 3.05) is 13.2 Å². The second-order valence-corrected chi connectivity index (χ2v) is 6.99. The van der Waals surface area contributed by atoms with Crippen LogP contribution < -0.4 is 10.8 Å². The van der Waals surface area contributed by atoms with Crippen LogP contribution >= 0.6 is 0 Å². The van der Waals surface area contributed by atoms with Crippen LogP contribution in [0.15, 0.2) is 48.5 Å². The number of hydrogen-bond acceptors (Lipinski definition) is 5. The van der Waals surface area contributed by atoms with Crippen LogP contribution in [-0.2, 0) is 19.2 Å². The summed E-state index contributed by atoms with van der Waals surface area (Å²) in [5.74, 6) is -1.77. The van der Waals surface area contributed by atoms with E-state index >= 15 is 0 Å². The van der Waals surface area contributed by atoms with Crippen LogP contribution in [0.25, 0.3) is 11.1 Å². The fraction of sp³-hybridized carbons (Fsp3) is 0.318. The lowest BCUT2D eigenvalue weighted by Gasteiger charge is -2.18. The van der Waals surface area contributed by atoms with Gasteiger partial charge in [-0.05, 0) is 28.7 Å². The first-order valence-corrected chi connectivity index (χ1v) is 9.73. The molecule has 30 heavy (non-hydrogen) atoms. The Labute approximate surface area is 174 Å². The Bertz CT molecular complexity index is 884. The lowest BCUT2D eigenvalue weighted by molar-refractivity contribution is -0.149. The van der Waals surface area contributed by atoms with Gasteiger partial charge in [0.15, 0.2) is 6.61 Å². The first-order valence-electron chi connectivity index (χ1n) is 9.73. The van der Waals surface area contributed by atoms with Crippen molar-refractivity contribution in [2.24, 2.45) is 0 Å². The minimum absolute atomic E-state index is 0.0454. The van der Waals surface area contributed by atoms with Crippen LogP contribution in [0.4, 0.5) is 4.79 Å². The van der Waals surface area contributed by atoms with Gasteiger partial charge in [0.1, 0.15) is 6.61 Å². The third-order valence-corrected chi connectivity index (χ3v) is 4.97. The van der Waals surface area contributed by atoms with Crippen LogP contribution in [0.5, 0.6) is 0 Å². The second-order valence-electron chi connectivity index (χ2n) is 6.99. The Morgan fingerprint density at radius 2 is 1.63 bits per heavy atom. The van der Waals surface area contributed by atoms with E-state index in [0.29, 0.717) is 6.42 Å². The number of nitrogens with one attached hydrogen (secondary N) is 2. The van der Waals surface area contributed by atoms with Crippen LogP contribution in [-0.4, -0.2) is 42.3 Å². The van der Waals surface area contributed by atoms with Gasteiger partial charge in [0.25, 0.3) is 0 Å². The third kappa shape index (κ3) is 5.15. The highest BCUT2D eigenvalue weighted by atomic mass is 16.7. The summed E-state index contributed by atoms with van der Waals surface area (Å²) >= 11 is 0. The molecule has 1 atom stereocenters. The molecule has 0 radical (unpaired) electrons. The van der Waals surface area contributed by atoms with Gasteiger partial charge in [0, 0.05) is 18.4 Å². The predicted octanol–water partition coefficient (Wildman–Crippen LogP) is 2.83. The maximum absolute atomic E-state index is 12.3. The summed E-state index contributed by atoms with van der Waals surface area (Å²) < 4.78 is 5.48. The summed E-state index contributed by atoms with van der Waals surface area (Å²) in [6, 6.07) is 15.7. The summed E-state index contributed by atoms with van der Waals surface area (Å²) in [7, 11) is 0. The lowest BCUT2D eigenvalue weighted by Crippen LogP contribution is -2.39. The average Bonchev–Trinajstić information content (AvgIpc) is 3.05. The topological polar surface area (TPSA) is 114 Å². The van der Waals surface area contributed by atoms with Crippen molar-refractivity contribution in [1.29, 1.82) is 0 Å². The summed E-state index contributed by atoms with van der Waals surface area (Å²) in [5.41, 5.74) is 6.57. The molecule has 158 valence electrons. The standard InChI is InChI=1S/C22H24N2O6/c1-2-14(11-20(25)24-30-13-21(26)27)23-22(28)29-12-19-17-9-5-3-7-15(17)16-8-4-6-10-18(16)19/h3-10,14,19H,2,11-13H2,1H3,(H,23,28)(H,24,25)(H,26,27). The van der Waals surface area contributed by atoms with Gasteiger partial charge in [-0.15, -0.1) is 0 Å². The van der Waals surface area contributed by atoms with Gasteiger partial charge < -0.3 is 15.2 Å². The molecule has 0 fully saturated rings. The third-order valence-electron chi connectivity index (χ3n) is 4.97. The van der Waals surface area contributed by atoms with Crippen molar-refractivity contribution in [3.8, 4) is 11.1 Å². The van der Waals surface area contributed by atoms with E-state index in [1.165, 1.54) is 0 Å². The Morgan fingerprint density at radius 1 is 1.03 bits per heavy atom. The van der Waals surface area contributed by atoms with Crippen molar-refractivity contribution < 1.29 is 29.1 Å². The molecule has 2 aromatic carbocycles. The number of fused-ring (bicyclic) bond motifs is 3. The lowest BCUT2D eigenvalue weighted by atomic mass is 9.98. The van der Waals surface area contributed by atoms with Crippen LogP contribution in [0.3, 0.4) is 0 Å². The number of ether oxygens (including phenoxy) is 1. The molecule has 1 aliphatic rings. The van der Waals surface area contributed by atoms with Gasteiger partial charge >= 0.3 is 12.1 Å². The molecular formula is C22H24N2O6. The minimum Gasteiger partial charge on any atom is -0.479 e. The Kier molecular flexibility index (Phi) is 7.03. The second kappa shape index (κ2) is 9.89. The number of hydroxylamine groups is 1. The quantitative estimate of drug-likeness (QED) is 0.546. The smallest absolute Gasteiger partial charge is 0.407 e. The highest BCUT2D eigenvalue weighted by Crippen LogP contribution is 2.44. The molecule has 8 nitrogen and oxygen atoms in total. The number of amides is 2. The zero-order valence-corrected chi connectivity index (χ0v) is 16.6. The number of aliphatic carboxylic acids is 1. The van der Waals surface area contributed by atoms with E-state index in [2.05, 4.69) is 22.3 Å². The number of rotatable bonds is 9. The molecule has 0 aromatic heterocycles. The van der Waals surface area contributed by atoms with Crippen LogP contribution in [0.1, 0.15) is 36.8 Å². The van der Waals surface area contributed by atoms with Crippen LogP contribution in [0, 0.1) is 0 Å². The van der Waals surface area contributed by atoms with Crippen molar-refractivity contribution in [3.63, 3.8) is 0 Å². The Morgan fingerprint density at radius 3 is 2.20 bits per heavy atom. The maximum Gasteiger partial charge on any atom is 0.407 e. The molecule has 0 bridgehead atoms. The van der Waals surface area contributed by atoms with Gasteiger partial charge in [0.05, 0.1) is 0 Å². The highest BCUT2D eigenvalue weighted by molar-refractivity contribution is 5.79. The van der Waals surface area contributed by atoms with Gasteiger partial charge in [-0.3, -0.25) is 9.63 Å². The van der Waals surface area contributed by atoms with E-state index in [0.717, 1.165) is 22.3 Å². The van der Waals surface area contributed by atoms with Crippen molar-refractivity contribution in [2.45, 2.75) is 31.7 Å². The summed E-state index contributed by atoms with van der Waals surface area (Å²) in [4.78, 5) is 39.0. The largest absolute Gasteiger partial charge is 0.479 e. The fourth-order valence-corrected chi connectivity index (χ4v) is 3.55. The molecule has 0 saturated carbocycles. The first kappa shape index (κ1) is 21.3. The van der Waals surface area contributed by atoms with E-state index in [-0.39, 0.29) is 18.9 Å². The van der Waals surface area contributed by atoms with E-state index in [1.807, 2.05) is 48.8 Å². The molecular weight excluding hydrogens is 388 g/mol. The van der Waals surface area contributed by atoms with Crippen molar-refractivity contribution in [3.05, 3.63) is 59.7 Å². The Hall–Kier alpha value is -3.39. The molecule has 1 aliphatic carbocycles. The highest BCUT2D eigenvalue weighted by Gasteiger charge is 2.29. The predicted molar refractivity (Wildman–Crippen MR) is 109 cm³/mol. The molecule has 3 rings (SSSR count). The maximum atomic E-state index is 12.3. The Balaban J connectivity index is 1.54. The summed E-state index contributed by atoms with van der Waals surface area (Å²) in [6.07, 6.45) is -0.167. The zero-order chi connectivity index (χ0) is 21.5. The molecule has 3 N–H and O–H groups in total. The van der Waals surface area contributed by atoms with E-state index in [9.17, 15) is 14.4 Å². The number of benzene rings is 2. The first-order chi connectivity index (χ1) is 14.5. The number of carbonyl (C=O) groups excluding carboxylic acids is 2. The summed E-state index contributed by atoms with van der Waals surface area (Å²) in [5, 5.41) is 11.2. The van der Waals surface area contributed by atoms with Gasteiger partial charge in [-0.25, -0.2) is 15.1 Å². The number of carbonyl (C=O) groups is 3. The molecule has 8 heteroatoms. The molecule has 2 aromatic rings. The molecule has 1 unspecified atom stereocenters. The number of alkyl carbamates (subject to hydrolysis) is 1. The molecule has 0 aliphatic heterocycles.